The highest BCUT2D eigenvalue weighted by Crippen LogP contribution is 2.48. The van der Waals surface area contributed by atoms with Crippen LogP contribution in [0.15, 0.2) is 211 Å². The van der Waals surface area contributed by atoms with Crippen LogP contribution < -0.4 is 4.90 Å². The maximum absolute atomic E-state index is 6.50. The maximum atomic E-state index is 6.50. The summed E-state index contributed by atoms with van der Waals surface area (Å²) >= 11 is 0. The van der Waals surface area contributed by atoms with E-state index in [9.17, 15) is 0 Å². The first kappa shape index (κ1) is 31.2. The van der Waals surface area contributed by atoms with Crippen LogP contribution in [0, 0.1) is 0 Å². The van der Waals surface area contributed by atoms with Crippen molar-refractivity contribution >= 4 is 71.6 Å². The van der Waals surface area contributed by atoms with Crippen LogP contribution in [0.4, 0.5) is 17.1 Å². The number of hydrogen-bond acceptors (Lipinski definition) is 2. The number of benzene rings is 9. The van der Waals surface area contributed by atoms with E-state index in [0.29, 0.717) is 0 Å². The Bertz CT molecular complexity index is 3200. The number of nitrogens with zero attached hydrogens (tertiary/aromatic N) is 2. The third-order valence-electron chi connectivity index (χ3n) is 11.0. The number of rotatable bonds is 6. The van der Waals surface area contributed by atoms with Gasteiger partial charge in [-0.3, -0.25) is 0 Å². The van der Waals surface area contributed by atoms with E-state index < -0.39 is 0 Å². The molecule has 0 bridgehead atoms. The van der Waals surface area contributed by atoms with Crippen molar-refractivity contribution in [2.45, 2.75) is 0 Å². The summed E-state index contributed by atoms with van der Waals surface area (Å²) in [5, 5.41) is 7.02. The van der Waals surface area contributed by atoms with Crippen LogP contribution in [0.2, 0.25) is 0 Å². The van der Waals surface area contributed by atoms with E-state index in [1.807, 2.05) is 6.07 Å². The lowest BCUT2D eigenvalue weighted by molar-refractivity contribution is 0.669. The molecule has 2 aromatic heterocycles. The highest BCUT2D eigenvalue weighted by molar-refractivity contribution is 6.16. The molecule has 55 heavy (non-hydrogen) atoms. The van der Waals surface area contributed by atoms with Crippen molar-refractivity contribution in [3.63, 3.8) is 0 Å². The molecule has 3 heteroatoms. The van der Waals surface area contributed by atoms with Gasteiger partial charge in [-0.15, -0.1) is 0 Å². The van der Waals surface area contributed by atoms with Crippen LogP contribution in [-0.2, 0) is 0 Å². The summed E-state index contributed by atoms with van der Waals surface area (Å²) in [7, 11) is 0. The van der Waals surface area contributed by atoms with Gasteiger partial charge in [-0.2, -0.15) is 0 Å². The van der Waals surface area contributed by atoms with Crippen molar-refractivity contribution in [2.24, 2.45) is 0 Å². The molecule has 2 heterocycles. The van der Waals surface area contributed by atoms with Gasteiger partial charge in [-0.1, -0.05) is 146 Å². The van der Waals surface area contributed by atoms with E-state index in [2.05, 4.69) is 210 Å². The second-order valence-electron chi connectivity index (χ2n) is 14.1. The molecule has 0 aliphatic heterocycles. The van der Waals surface area contributed by atoms with Gasteiger partial charge < -0.3 is 13.9 Å². The first-order chi connectivity index (χ1) is 27.3. The Morgan fingerprint density at radius 2 is 1.00 bits per heavy atom. The van der Waals surface area contributed by atoms with E-state index in [0.717, 1.165) is 55.8 Å². The normalized spacial score (nSPS) is 11.6. The molecule has 11 rings (SSSR count). The predicted octanol–water partition coefficient (Wildman–Crippen LogP) is 14.6. The van der Waals surface area contributed by atoms with Crippen molar-refractivity contribution in [1.29, 1.82) is 0 Å². The average Bonchev–Trinajstić information content (AvgIpc) is 3.80. The molecular weight excluding hydrogens is 669 g/mol. The summed E-state index contributed by atoms with van der Waals surface area (Å²) in [4.78, 5) is 2.44. The second kappa shape index (κ2) is 12.6. The smallest absolute Gasteiger partial charge is 0.137 e. The second-order valence-corrected chi connectivity index (χ2v) is 14.1. The van der Waals surface area contributed by atoms with E-state index in [1.165, 1.54) is 43.8 Å². The Kier molecular flexibility index (Phi) is 7.17. The SMILES string of the molecule is c1ccc(-c2cccc3cccc(-c4ccccc4N(c4ccc5c(c4)c4ccccc4n5-c4ccccc4)c4cccc5oc6ccccc6c45)c23)cc1. The van der Waals surface area contributed by atoms with Crippen LogP contribution in [-0.4, -0.2) is 4.57 Å². The molecular formula is C52H34N2O. The summed E-state index contributed by atoms with van der Waals surface area (Å²) in [6.45, 7) is 0. The molecule has 0 radical (unpaired) electrons. The average molecular weight is 703 g/mol. The van der Waals surface area contributed by atoms with Crippen molar-refractivity contribution in [2.75, 3.05) is 4.90 Å². The lowest BCUT2D eigenvalue weighted by Crippen LogP contribution is -2.11. The monoisotopic (exact) mass is 702 g/mol. The Hall–Kier alpha value is -7.36. The fraction of sp³-hybridized carbons (Fsp3) is 0. The largest absolute Gasteiger partial charge is 0.456 e. The van der Waals surface area contributed by atoms with E-state index >= 15 is 0 Å². The standard InChI is InChI=1S/C52H34N2O/c1-3-16-35(17-4-1)39-25-13-18-36-19-14-26-42(51(36)39)40-22-7-10-27-45(40)54(48-29-15-31-50-52(48)43-24-9-12-30-49(43)55-50)38-32-33-47-44(34-38)41-23-8-11-28-46(41)53(47)37-20-5-2-6-21-37/h1-34H. The molecule has 0 aliphatic carbocycles. The zero-order chi connectivity index (χ0) is 36.3. The number of anilines is 3. The van der Waals surface area contributed by atoms with Crippen LogP contribution in [0.25, 0.3) is 82.5 Å². The summed E-state index contributed by atoms with van der Waals surface area (Å²) in [6, 6.07) is 74.0. The summed E-state index contributed by atoms with van der Waals surface area (Å²) in [5.41, 5.74) is 13.2. The maximum Gasteiger partial charge on any atom is 0.137 e. The molecule has 0 spiro atoms. The quantitative estimate of drug-likeness (QED) is 0.172. The molecule has 0 N–H and O–H groups in total. The highest BCUT2D eigenvalue weighted by atomic mass is 16.3. The van der Waals surface area contributed by atoms with Crippen molar-refractivity contribution < 1.29 is 4.42 Å². The molecule has 0 fully saturated rings. The van der Waals surface area contributed by atoms with Gasteiger partial charge in [0.25, 0.3) is 0 Å². The van der Waals surface area contributed by atoms with Gasteiger partial charge in [0.15, 0.2) is 0 Å². The molecule has 0 unspecified atom stereocenters. The molecule has 0 aliphatic rings. The van der Waals surface area contributed by atoms with Gasteiger partial charge in [0.1, 0.15) is 11.2 Å². The number of para-hydroxylation sites is 4. The molecule has 0 saturated heterocycles. The molecule has 0 saturated carbocycles. The van der Waals surface area contributed by atoms with Crippen molar-refractivity contribution in [3.8, 4) is 27.9 Å². The topological polar surface area (TPSA) is 21.3 Å². The van der Waals surface area contributed by atoms with Crippen molar-refractivity contribution in [1.82, 2.24) is 4.57 Å². The van der Waals surface area contributed by atoms with E-state index in [4.69, 9.17) is 4.42 Å². The Balaban J connectivity index is 1.23. The molecule has 0 atom stereocenters. The van der Waals surface area contributed by atoms with Crippen molar-refractivity contribution in [3.05, 3.63) is 206 Å². The summed E-state index contributed by atoms with van der Waals surface area (Å²) in [5.74, 6) is 0. The minimum absolute atomic E-state index is 0.861. The van der Waals surface area contributed by atoms with Gasteiger partial charge >= 0.3 is 0 Å². The van der Waals surface area contributed by atoms with Gasteiger partial charge in [0.2, 0.25) is 0 Å². The third-order valence-corrected chi connectivity index (χ3v) is 11.0. The highest BCUT2D eigenvalue weighted by Gasteiger charge is 2.24. The third kappa shape index (κ3) is 4.98. The number of furan rings is 1. The predicted molar refractivity (Wildman–Crippen MR) is 231 cm³/mol. The fourth-order valence-electron chi connectivity index (χ4n) is 8.63. The number of aromatic nitrogens is 1. The zero-order valence-electron chi connectivity index (χ0n) is 29.9. The zero-order valence-corrected chi connectivity index (χ0v) is 29.9. The number of hydrogen-bond donors (Lipinski definition) is 0. The van der Waals surface area contributed by atoms with Crippen LogP contribution in [0.3, 0.4) is 0 Å². The molecule has 3 nitrogen and oxygen atoms in total. The lowest BCUT2D eigenvalue weighted by Gasteiger charge is -2.29. The van der Waals surface area contributed by atoms with Crippen LogP contribution in [0.5, 0.6) is 0 Å². The first-order valence-electron chi connectivity index (χ1n) is 18.8. The fourth-order valence-corrected chi connectivity index (χ4v) is 8.63. The molecule has 9 aromatic carbocycles. The van der Waals surface area contributed by atoms with Gasteiger partial charge in [0.05, 0.1) is 27.8 Å². The Labute approximate surface area is 318 Å². The molecule has 11 aromatic rings. The lowest BCUT2D eigenvalue weighted by atomic mass is 9.90. The van der Waals surface area contributed by atoms with E-state index in [-0.39, 0.29) is 0 Å². The minimum Gasteiger partial charge on any atom is -0.456 e. The molecule has 258 valence electrons. The van der Waals surface area contributed by atoms with Gasteiger partial charge in [0, 0.05) is 33.1 Å². The van der Waals surface area contributed by atoms with Gasteiger partial charge in [-0.05, 0) is 88.1 Å². The summed E-state index contributed by atoms with van der Waals surface area (Å²) < 4.78 is 8.88. The molecule has 0 amide bonds. The van der Waals surface area contributed by atoms with Crippen LogP contribution >= 0.6 is 0 Å². The minimum atomic E-state index is 0.861. The summed E-state index contributed by atoms with van der Waals surface area (Å²) in [6.07, 6.45) is 0. The van der Waals surface area contributed by atoms with Crippen LogP contribution in [0.1, 0.15) is 0 Å². The Morgan fingerprint density at radius 1 is 0.382 bits per heavy atom. The number of fused-ring (bicyclic) bond motifs is 7. The van der Waals surface area contributed by atoms with E-state index in [1.54, 1.807) is 0 Å². The van der Waals surface area contributed by atoms with Gasteiger partial charge in [-0.25, -0.2) is 0 Å². The first-order valence-corrected chi connectivity index (χ1v) is 18.8. The Morgan fingerprint density at radius 3 is 1.85 bits per heavy atom.